The maximum absolute atomic E-state index is 5.22. The highest BCUT2D eigenvalue weighted by atomic mass is 15.1. The van der Waals surface area contributed by atoms with Crippen LogP contribution in [0.15, 0.2) is 187 Å². The van der Waals surface area contributed by atoms with Crippen LogP contribution in [0.4, 0.5) is 0 Å². The zero-order chi connectivity index (χ0) is 33.0. The lowest BCUT2D eigenvalue weighted by Crippen LogP contribution is -2.24. The Morgan fingerprint density at radius 1 is 0.420 bits per heavy atom. The van der Waals surface area contributed by atoms with Crippen LogP contribution in [0.2, 0.25) is 0 Å². The standard InChI is InChI=1S/C46H32N4/c1-4-14-31(15-5-1)40-30-41(32-16-6-2-7-17-32)48-46(47-40)33-24-26-35(27-25-33)50-43-23-13-11-21-37(43)39-29-28-38-36-20-10-12-22-42(36)49(44(38)45(39)50)34-18-8-3-9-19-34/h1-30,46-47H. The van der Waals surface area contributed by atoms with Gasteiger partial charge < -0.3 is 14.5 Å². The fraction of sp³-hybridized carbons (Fsp3) is 0.0217. The summed E-state index contributed by atoms with van der Waals surface area (Å²) in [5.41, 5.74) is 12.4. The second-order valence-corrected chi connectivity index (χ2v) is 12.8. The summed E-state index contributed by atoms with van der Waals surface area (Å²) in [4.78, 5) is 5.22. The van der Waals surface area contributed by atoms with Gasteiger partial charge in [0.05, 0.1) is 27.8 Å². The van der Waals surface area contributed by atoms with Crippen molar-refractivity contribution in [3.8, 4) is 11.4 Å². The molecule has 3 heterocycles. The Morgan fingerprint density at radius 2 is 0.900 bits per heavy atom. The molecule has 4 nitrogen and oxygen atoms in total. The molecule has 0 radical (unpaired) electrons. The molecule has 10 rings (SSSR count). The third-order valence-electron chi connectivity index (χ3n) is 9.95. The molecule has 0 spiro atoms. The molecule has 1 unspecified atom stereocenters. The van der Waals surface area contributed by atoms with Crippen LogP contribution in [0.3, 0.4) is 0 Å². The number of hydrogen-bond acceptors (Lipinski definition) is 2. The summed E-state index contributed by atoms with van der Waals surface area (Å²) >= 11 is 0. The average Bonchev–Trinajstić information content (AvgIpc) is 3.72. The van der Waals surface area contributed by atoms with Crippen molar-refractivity contribution in [3.05, 3.63) is 199 Å². The lowest BCUT2D eigenvalue weighted by Gasteiger charge is -2.25. The summed E-state index contributed by atoms with van der Waals surface area (Å²) in [7, 11) is 0. The fourth-order valence-electron chi connectivity index (χ4n) is 7.66. The average molecular weight is 641 g/mol. The minimum Gasteiger partial charge on any atom is -0.360 e. The summed E-state index contributed by atoms with van der Waals surface area (Å²) in [5.74, 6) is 0. The summed E-state index contributed by atoms with van der Waals surface area (Å²) in [5, 5.41) is 8.69. The maximum atomic E-state index is 5.22. The van der Waals surface area contributed by atoms with E-state index < -0.39 is 0 Å². The molecule has 1 aliphatic rings. The van der Waals surface area contributed by atoms with Gasteiger partial charge in [0, 0.05) is 38.6 Å². The molecular weight excluding hydrogens is 609 g/mol. The van der Waals surface area contributed by atoms with Crippen molar-refractivity contribution in [2.75, 3.05) is 0 Å². The topological polar surface area (TPSA) is 34.2 Å². The second kappa shape index (κ2) is 11.5. The Morgan fingerprint density at radius 3 is 1.48 bits per heavy atom. The Bertz CT molecular complexity index is 2750. The number of para-hydroxylation sites is 3. The molecule has 4 heteroatoms. The van der Waals surface area contributed by atoms with E-state index in [9.17, 15) is 0 Å². The molecule has 7 aromatic carbocycles. The molecule has 0 saturated carbocycles. The van der Waals surface area contributed by atoms with Crippen LogP contribution in [0.1, 0.15) is 22.9 Å². The molecule has 0 saturated heterocycles. The van der Waals surface area contributed by atoms with E-state index in [-0.39, 0.29) is 6.17 Å². The van der Waals surface area contributed by atoms with Crippen LogP contribution in [-0.4, -0.2) is 14.8 Å². The predicted octanol–water partition coefficient (Wildman–Crippen LogP) is 11.0. The Labute approximate surface area is 289 Å². The third kappa shape index (κ3) is 4.50. The molecule has 2 aromatic heterocycles. The molecular formula is C46H32N4. The number of benzene rings is 7. The zero-order valence-electron chi connectivity index (χ0n) is 27.2. The molecule has 0 aliphatic carbocycles. The van der Waals surface area contributed by atoms with Crippen molar-refractivity contribution >= 4 is 55.0 Å². The van der Waals surface area contributed by atoms with E-state index in [4.69, 9.17) is 4.99 Å². The van der Waals surface area contributed by atoms with E-state index in [0.29, 0.717) is 0 Å². The minimum atomic E-state index is -0.232. The van der Waals surface area contributed by atoms with E-state index in [1.807, 2.05) is 6.07 Å². The largest absolute Gasteiger partial charge is 0.360 e. The number of nitrogens with zero attached hydrogens (tertiary/aromatic N) is 3. The molecule has 236 valence electrons. The van der Waals surface area contributed by atoms with Gasteiger partial charge in [-0.05, 0) is 59.2 Å². The van der Waals surface area contributed by atoms with E-state index in [0.717, 1.165) is 39.5 Å². The van der Waals surface area contributed by atoms with Gasteiger partial charge in [-0.15, -0.1) is 0 Å². The molecule has 0 amide bonds. The lowest BCUT2D eigenvalue weighted by atomic mass is 10.0. The molecule has 0 bridgehead atoms. The molecule has 1 aliphatic heterocycles. The van der Waals surface area contributed by atoms with Gasteiger partial charge in [0.2, 0.25) is 0 Å². The van der Waals surface area contributed by atoms with Crippen molar-refractivity contribution in [1.29, 1.82) is 0 Å². The Hall–Kier alpha value is -6.65. The molecule has 1 atom stereocenters. The van der Waals surface area contributed by atoms with Gasteiger partial charge in [0.25, 0.3) is 0 Å². The summed E-state index contributed by atoms with van der Waals surface area (Å²) in [6.07, 6.45) is 1.93. The highest BCUT2D eigenvalue weighted by Crippen LogP contribution is 2.41. The molecule has 1 N–H and O–H groups in total. The second-order valence-electron chi connectivity index (χ2n) is 12.8. The first-order chi connectivity index (χ1) is 24.8. The Balaban J connectivity index is 1.17. The number of allylic oxidation sites excluding steroid dienone is 1. The van der Waals surface area contributed by atoms with Crippen LogP contribution >= 0.6 is 0 Å². The van der Waals surface area contributed by atoms with Crippen molar-refractivity contribution < 1.29 is 0 Å². The number of nitrogens with one attached hydrogen (secondary N) is 1. The molecule has 9 aromatic rings. The normalized spacial score (nSPS) is 14.6. The van der Waals surface area contributed by atoms with E-state index >= 15 is 0 Å². The third-order valence-corrected chi connectivity index (χ3v) is 9.95. The van der Waals surface area contributed by atoms with E-state index in [1.165, 1.54) is 43.6 Å². The van der Waals surface area contributed by atoms with Gasteiger partial charge in [0.15, 0.2) is 0 Å². The maximum Gasteiger partial charge on any atom is 0.145 e. The van der Waals surface area contributed by atoms with E-state index in [1.54, 1.807) is 0 Å². The van der Waals surface area contributed by atoms with Gasteiger partial charge in [-0.25, -0.2) is 0 Å². The summed E-state index contributed by atoms with van der Waals surface area (Å²) in [6.45, 7) is 0. The van der Waals surface area contributed by atoms with Crippen molar-refractivity contribution in [2.45, 2.75) is 6.17 Å². The van der Waals surface area contributed by atoms with Gasteiger partial charge in [-0.1, -0.05) is 140 Å². The van der Waals surface area contributed by atoms with Crippen LogP contribution in [0, 0.1) is 0 Å². The van der Waals surface area contributed by atoms with Gasteiger partial charge in [0.1, 0.15) is 6.17 Å². The van der Waals surface area contributed by atoms with Crippen LogP contribution < -0.4 is 5.32 Å². The van der Waals surface area contributed by atoms with Gasteiger partial charge in [-0.2, -0.15) is 0 Å². The van der Waals surface area contributed by atoms with Crippen LogP contribution in [0.5, 0.6) is 0 Å². The fourth-order valence-corrected chi connectivity index (χ4v) is 7.66. The van der Waals surface area contributed by atoms with E-state index in [2.05, 4.69) is 190 Å². The van der Waals surface area contributed by atoms with Crippen LogP contribution in [-0.2, 0) is 0 Å². The first-order valence-electron chi connectivity index (χ1n) is 17.1. The Kier molecular flexibility index (Phi) is 6.53. The quantitative estimate of drug-likeness (QED) is 0.200. The molecule has 50 heavy (non-hydrogen) atoms. The minimum absolute atomic E-state index is 0.232. The van der Waals surface area contributed by atoms with Crippen molar-refractivity contribution in [3.63, 3.8) is 0 Å². The summed E-state index contributed by atoms with van der Waals surface area (Å²) in [6, 6.07) is 62.7. The van der Waals surface area contributed by atoms with Gasteiger partial charge >= 0.3 is 0 Å². The predicted molar refractivity (Wildman–Crippen MR) is 208 cm³/mol. The summed E-state index contributed by atoms with van der Waals surface area (Å²) < 4.78 is 4.87. The number of hydrogen-bond donors (Lipinski definition) is 1. The lowest BCUT2D eigenvalue weighted by molar-refractivity contribution is 0.664. The number of fused-ring (bicyclic) bond motifs is 7. The number of aliphatic imine (C=N–C) groups is 1. The zero-order valence-corrected chi connectivity index (χ0v) is 27.2. The monoisotopic (exact) mass is 640 g/mol. The van der Waals surface area contributed by atoms with Crippen LogP contribution in [0.25, 0.3) is 60.7 Å². The van der Waals surface area contributed by atoms with Gasteiger partial charge in [-0.3, -0.25) is 4.99 Å². The van der Waals surface area contributed by atoms with Crippen molar-refractivity contribution in [1.82, 2.24) is 14.5 Å². The highest BCUT2D eigenvalue weighted by molar-refractivity contribution is 6.23. The first kappa shape index (κ1) is 28.4. The number of rotatable bonds is 5. The first-order valence-corrected chi connectivity index (χ1v) is 17.1. The SMILES string of the molecule is C1=C(c2ccccc2)NC(c2ccc(-n3c4ccccc4c4ccc5c6ccccc6n(-c6ccccc6)c5c43)cc2)N=C1c1ccccc1. The van der Waals surface area contributed by atoms with Crippen molar-refractivity contribution in [2.24, 2.45) is 4.99 Å². The molecule has 0 fully saturated rings. The number of aromatic nitrogens is 2. The highest BCUT2D eigenvalue weighted by Gasteiger charge is 2.23. The smallest absolute Gasteiger partial charge is 0.145 e.